The van der Waals surface area contributed by atoms with Crippen LogP contribution in [0.15, 0.2) is 48.5 Å². The molecule has 0 saturated heterocycles. The molecule has 0 atom stereocenters. The van der Waals surface area contributed by atoms with Crippen LogP contribution in [0.2, 0.25) is 0 Å². The SMILES string of the molecule is Cc1ccccc1C(=O)Oc1ccccc1N. The highest BCUT2D eigenvalue weighted by Gasteiger charge is 2.11. The molecule has 0 amide bonds. The van der Waals surface area contributed by atoms with Crippen molar-refractivity contribution in [2.75, 3.05) is 5.73 Å². The number of hydrogen-bond acceptors (Lipinski definition) is 3. The van der Waals surface area contributed by atoms with Gasteiger partial charge in [0.1, 0.15) is 0 Å². The van der Waals surface area contributed by atoms with Gasteiger partial charge in [0, 0.05) is 0 Å². The first-order chi connectivity index (χ1) is 8.18. The number of esters is 1. The van der Waals surface area contributed by atoms with E-state index in [4.69, 9.17) is 10.5 Å². The molecule has 2 aromatic carbocycles. The van der Waals surface area contributed by atoms with Gasteiger partial charge in [0.15, 0.2) is 5.75 Å². The maximum absolute atomic E-state index is 11.9. The fraction of sp³-hybridized carbons (Fsp3) is 0.0714. The summed E-state index contributed by atoms with van der Waals surface area (Å²) in [6, 6.07) is 14.2. The van der Waals surface area contributed by atoms with Gasteiger partial charge in [-0.25, -0.2) is 4.79 Å². The van der Waals surface area contributed by atoms with Gasteiger partial charge in [0.05, 0.1) is 11.3 Å². The molecule has 0 spiro atoms. The number of nitrogens with two attached hydrogens (primary N) is 1. The van der Waals surface area contributed by atoms with Gasteiger partial charge in [-0.15, -0.1) is 0 Å². The van der Waals surface area contributed by atoms with Crippen molar-refractivity contribution >= 4 is 11.7 Å². The van der Waals surface area contributed by atoms with E-state index < -0.39 is 0 Å². The number of nitrogen functional groups attached to an aromatic ring is 1. The number of rotatable bonds is 2. The van der Waals surface area contributed by atoms with Crippen molar-refractivity contribution in [1.29, 1.82) is 0 Å². The Bertz CT molecular complexity index is 549. The quantitative estimate of drug-likeness (QED) is 0.487. The fourth-order valence-electron chi connectivity index (χ4n) is 1.53. The topological polar surface area (TPSA) is 52.3 Å². The van der Waals surface area contributed by atoms with Crippen LogP contribution in [0.1, 0.15) is 15.9 Å². The van der Waals surface area contributed by atoms with Crippen molar-refractivity contribution < 1.29 is 9.53 Å². The van der Waals surface area contributed by atoms with Crippen LogP contribution in [0.5, 0.6) is 5.75 Å². The Morgan fingerprint density at radius 3 is 2.41 bits per heavy atom. The molecule has 0 aliphatic carbocycles. The van der Waals surface area contributed by atoms with Crippen molar-refractivity contribution in [3.05, 3.63) is 59.7 Å². The van der Waals surface area contributed by atoms with E-state index in [1.807, 2.05) is 19.1 Å². The summed E-state index contributed by atoms with van der Waals surface area (Å²) in [4.78, 5) is 11.9. The molecule has 86 valence electrons. The third-order valence-corrected chi connectivity index (χ3v) is 2.49. The van der Waals surface area contributed by atoms with Gasteiger partial charge in [-0.05, 0) is 30.7 Å². The van der Waals surface area contributed by atoms with Gasteiger partial charge in [-0.2, -0.15) is 0 Å². The Morgan fingerprint density at radius 1 is 1.06 bits per heavy atom. The summed E-state index contributed by atoms with van der Waals surface area (Å²) in [7, 11) is 0. The molecule has 0 unspecified atom stereocenters. The summed E-state index contributed by atoms with van der Waals surface area (Å²) >= 11 is 0. The van der Waals surface area contributed by atoms with Crippen molar-refractivity contribution in [3.8, 4) is 5.75 Å². The molecular weight excluding hydrogens is 214 g/mol. The monoisotopic (exact) mass is 227 g/mol. The van der Waals surface area contributed by atoms with E-state index >= 15 is 0 Å². The summed E-state index contributed by atoms with van der Waals surface area (Å²) in [5.74, 6) is 0.00162. The summed E-state index contributed by atoms with van der Waals surface area (Å²) in [5.41, 5.74) is 7.59. The Hall–Kier alpha value is -2.29. The standard InChI is InChI=1S/C14H13NO2/c1-10-6-2-3-7-11(10)14(16)17-13-9-5-4-8-12(13)15/h2-9H,15H2,1H3. The molecule has 2 N–H and O–H groups in total. The lowest BCUT2D eigenvalue weighted by Gasteiger charge is -2.08. The number of para-hydroxylation sites is 2. The van der Waals surface area contributed by atoms with Gasteiger partial charge in [-0.3, -0.25) is 0 Å². The van der Waals surface area contributed by atoms with Crippen LogP contribution in [0.3, 0.4) is 0 Å². The van der Waals surface area contributed by atoms with Crippen molar-refractivity contribution in [3.63, 3.8) is 0 Å². The summed E-state index contributed by atoms with van der Waals surface area (Å²) in [6.45, 7) is 1.87. The van der Waals surface area contributed by atoms with E-state index in [1.165, 1.54) is 0 Å². The Morgan fingerprint density at radius 2 is 1.71 bits per heavy atom. The molecule has 0 radical (unpaired) electrons. The highest BCUT2D eigenvalue weighted by atomic mass is 16.5. The molecule has 0 saturated carbocycles. The van der Waals surface area contributed by atoms with E-state index in [9.17, 15) is 4.79 Å². The minimum absolute atomic E-state index is 0.388. The Balaban J connectivity index is 2.24. The van der Waals surface area contributed by atoms with Crippen molar-refractivity contribution in [2.24, 2.45) is 0 Å². The van der Waals surface area contributed by atoms with Crippen LogP contribution in [-0.2, 0) is 0 Å². The molecule has 0 aliphatic rings. The van der Waals surface area contributed by atoms with Crippen LogP contribution in [-0.4, -0.2) is 5.97 Å². The molecule has 17 heavy (non-hydrogen) atoms. The molecule has 0 bridgehead atoms. The van der Waals surface area contributed by atoms with Gasteiger partial charge in [0.2, 0.25) is 0 Å². The minimum Gasteiger partial charge on any atom is -0.421 e. The second kappa shape index (κ2) is 4.70. The minimum atomic E-state index is -0.388. The van der Waals surface area contributed by atoms with Crippen LogP contribution < -0.4 is 10.5 Å². The van der Waals surface area contributed by atoms with Crippen LogP contribution in [0.25, 0.3) is 0 Å². The molecule has 3 heteroatoms. The van der Waals surface area contributed by atoms with Gasteiger partial charge >= 0.3 is 5.97 Å². The number of aryl methyl sites for hydroxylation is 1. The second-order valence-corrected chi connectivity index (χ2v) is 3.74. The summed E-state index contributed by atoms with van der Waals surface area (Å²) in [5, 5.41) is 0. The number of hydrogen-bond donors (Lipinski definition) is 1. The normalized spacial score (nSPS) is 9.94. The van der Waals surface area contributed by atoms with Gasteiger partial charge in [-0.1, -0.05) is 30.3 Å². The first-order valence-electron chi connectivity index (χ1n) is 5.31. The van der Waals surface area contributed by atoms with E-state index in [-0.39, 0.29) is 5.97 Å². The molecular formula is C14H13NO2. The highest BCUT2D eigenvalue weighted by molar-refractivity contribution is 5.93. The average Bonchev–Trinajstić information content (AvgIpc) is 2.32. The number of benzene rings is 2. The average molecular weight is 227 g/mol. The third kappa shape index (κ3) is 2.45. The van der Waals surface area contributed by atoms with E-state index in [2.05, 4.69) is 0 Å². The van der Waals surface area contributed by atoms with Crippen LogP contribution in [0, 0.1) is 6.92 Å². The van der Waals surface area contributed by atoms with E-state index in [0.29, 0.717) is 17.0 Å². The smallest absolute Gasteiger partial charge is 0.343 e. The maximum atomic E-state index is 11.9. The lowest BCUT2D eigenvalue weighted by atomic mass is 10.1. The van der Waals surface area contributed by atoms with E-state index in [1.54, 1.807) is 36.4 Å². The molecule has 0 fully saturated rings. The molecule has 0 aliphatic heterocycles. The Labute approximate surface area is 99.8 Å². The van der Waals surface area contributed by atoms with Crippen LogP contribution in [0.4, 0.5) is 5.69 Å². The zero-order chi connectivity index (χ0) is 12.3. The highest BCUT2D eigenvalue weighted by Crippen LogP contribution is 2.21. The Kier molecular flexibility index (Phi) is 3.10. The van der Waals surface area contributed by atoms with E-state index in [0.717, 1.165) is 5.56 Å². The summed E-state index contributed by atoms with van der Waals surface area (Å²) in [6.07, 6.45) is 0. The first-order valence-corrected chi connectivity index (χ1v) is 5.31. The lowest BCUT2D eigenvalue weighted by Crippen LogP contribution is -2.11. The maximum Gasteiger partial charge on any atom is 0.343 e. The number of anilines is 1. The lowest BCUT2D eigenvalue weighted by molar-refractivity contribution is 0.0735. The van der Waals surface area contributed by atoms with Crippen molar-refractivity contribution in [1.82, 2.24) is 0 Å². The first kappa shape index (κ1) is 11.2. The molecule has 0 aromatic heterocycles. The second-order valence-electron chi connectivity index (χ2n) is 3.74. The predicted octanol–water partition coefficient (Wildman–Crippen LogP) is 2.80. The molecule has 0 heterocycles. The molecule has 2 rings (SSSR count). The number of carbonyl (C=O) groups excluding carboxylic acids is 1. The number of carbonyl (C=O) groups is 1. The summed E-state index contributed by atoms with van der Waals surface area (Å²) < 4.78 is 5.25. The third-order valence-electron chi connectivity index (χ3n) is 2.49. The van der Waals surface area contributed by atoms with Gasteiger partial charge < -0.3 is 10.5 Å². The van der Waals surface area contributed by atoms with Crippen molar-refractivity contribution in [2.45, 2.75) is 6.92 Å². The molecule has 3 nitrogen and oxygen atoms in total. The predicted molar refractivity (Wildman–Crippen MR) is 67.0 cm³/mol. The van der Waals surface area contributed by atoms with Crippen LogP contribution >= 0.6 is 0 Å². The molecule has 2 aromatic rings. The van der Waals surface area contributed by atoms with Gasteiger partial charge in [0.25, 0.3) is 0 Å². The zero-order valence-corrected chi connectivity index (χ0v) is 9.51. The fourth-order valence-corrected chi connectivity index (χ4v) is 1.53. The largest absolute Gasteiger partial charge is 0.421 e. The zero-order valence-electron chi connectivity index (χ0n) is 9.51. The number of ether oxygens (including phenoxy) is 1.